The number of aryl methyl sites for hydroxylation is 1. The predicted molar refractivity (Wildman–Crippen MR) is 53.1 cm³/mol. The van der Waals surface area contributed by atoms with E-state index >= 15 is 0 Å². The quantitative estimate of drug-likeness (QED) is 0.506. The first-order valence-corrected chi connectivity index (χ1v) is 4.34. The molecule has 4 nitrogen and oxygen atoms in total. The van der Waals surface area contributed by atoms with Crippen LogP contribution in [0.2, 0.25) is 0 Å². The molecule has 0 spiro atoms. The van der Waals surface area contributed by atoms with Crippen molar-refractivity contribution in [2.45, 2.75) is 20.4 Å². The summed E-state index contributed by atoms with van der Waals surface area (Å²) < 4.78 is 0. The summed E-state index contributed by atoms with van der Waals surface area (Å²) >= 11 is 0. The van der Waals surface area contributed by atoms with Gasteiger partial charge in [-0.25, -0.2) is 0 Å². The first-order chi connectivity index (χ1) is 6.57. The van der Waals surface area contributed by atoms with Crippen LogP contribution in [0.4, 0.5) is 0 Å². The van der Waals surface area contributed by atoms with Gasteiger partial charge in [0.25, 0.3) is 0 Å². The lowest BCUT2D eigenvalue weighted by Gasteiger charge is -2.11. The van der Waals surface area contributed by atoms with E-state index in [0.29, 0.717) is 17.7 Å². The van der Waals surface area contributed by atoms with Crippen molar-refractivity contribution in [1.29, 1.82) is 0 Å². The van der Waals surface area contributed by atoms with Gasteiger partial charge in [0.1, 0.15) is 0 Å². The summed E-state index contributed by atoms with van der Waals surface area (Å²) in [6, 6.07) is 1.82. The van der Waals surface area contributed by atoms with Crippen molar-refractivity contribution in [3.8, 4) is 11.5 Å². The van der Waals surface area contributed by atoms with Gasteiger partial charge in [0.2, 0.25) is 0 Å². The number of aromatic hydroxyl groups is 2. The maximum Gasteiger partial charge on any atom is 0.162 e. The summed E-state index contributed by atoms with van der Waals surface area (Å²) in [5, 5.41) is 19.1. The van der Waals surface area contributed by atoms with E-state index in [1.807, 2.05) is 13.0 Å². The van der Waals surface area contributed by atoms with Crippen LogP contribution in [0, 0.1) is 13.8 Å². The van der Waals surface area contributed by atoms with Gasteiger partial charge in [0.15, 0.2) is 11.5 Å². The molecule has 3 N–H and O–H groups in total. The van der Waals surface area contributed by atoms with E-state index in [1.54, 1.807) is 6.92 Å². The Hall–Kier alpha value is -1.26. The number of hydroxylamine groups is 1. The second kappa shape index (κ2) is 4.30. The van der Waals surface area contributed by atoms with Gasteiger partial charge in [0.05, 0.1) is 7.11 Å². The van der Waals surface area contributed by atoms with Gasteiger partial charge in [-0.15, -0.1) is 0 Å². The van der Waals surface area contributed by atoms with Gasteiger partial charge < -0.3 is 15.1 Å². The van der Waals surface area contributed by atoms with Gasteiger partial charge >= 0.3 is 0 Å². The molecule has 0 atom stereocenters. The van der Waals surface area contributed by atoms with Crippen LogP contribution in [-0.2, 0) is 11.4 Å². The van der Waals surface area contributed by atoms with Crippen molar-refractivity contribution in [3.05, 3.63) is 22.8 Å². The van der Waals surface area contributed by atoms with Gasteiger partial charge in [-0.1, -0.05) is 6.07 Å². The zero-order chi connectivity index (χ0) is 10.7. The minimum atomic E-state index is -0.0855. The molecule has 0 fully saturated rings. The molecular weight excluding hydrogens is 182 g/mol. The fourth-order valence-electron chi connectivity index (χ4n) is 1.24. The lowest BCUT2D eigenvalue weighted by atomic mass is 10.0. The SMILES string of the molecule is CONCc1cc(C)c(C)c(O)c1O. The highest BCUT2D eigenvalue weighted by atomic mass is 16.6. The van der Waals surface area contributed by atoms with Crippen molar-refractivity contribution in [2.75, 3.05) is 7.11 Å². The molecule has 0 heterocycles. The zero-order valence-corrected chi connectivity index (χ0v) is 8.59. The smallest absolute Gasteiger partial charge is 0.162 e. The van der Waals surface area contributed by atoms with Gasteiger partial charge in [-0.2, -0.15) is 5.48 Å². The lowest BCUT2D eigenvalue weighted by molar-refractivity contribution is 0.0860. The average molecular weight is 197 g/mol. The summed E-state index contributed by atoms with van der Waals surface area (Å²) in [6.45, 7) is 4.00. The molecule has 0 saturated carbocycles. The summed E-state index contributed by atoms with van der Waals surface area (Å²) in [4.78, 5) is 4.67. The van der Waals surface area contributed by atoms with Crippen LogP contribution < -0.4 is 5.48 Å². The van der Waals surface area contributed by atoms with Crippen LogP contribution in [0.1, 0.15) is 16.7 Å². The second-order valence-electron chi connectivity index (χ2n) is 3.20. The van der Waals surface area contributed by atoms with Crippen LogP contribution in [0.15, 0.2) is 6.07 Å². The normalized spacial score (nSPS) is 10.5. The Morgan fingerprint density at radius 1 is 1.29 bits per heavy atom. The van der Waals surface area contributed by atoms with Crippen molar-refractivity contribution in [3.63, 3.8) is 0 Å². The molecule has 0 amide bonds. The van der Waals surface area contributed by atoms with Crippen molar-refractivity contribution in [1.82, 2.24) is 5.48 Å². The van der Waals surface area contributed by atoms with Crippen molar-refractivity contribution < 1.29 is 15.1 Å². The third kappa shape index (κ3) is 1.97. The molecule has 14 heavy (non-hydrogen) atoms. The van der Waals surface area contributed by atoms with Crippen LogP contribution >= 0.6 is 0 Å². The van der Waals surface area contributed by atoms with E-state index in [4.69, 9.17) is 0 Å². The third-order valence-corrected chi connectivity index (χ3v) is 2.27. The minimum absolute atomic E-state index is 0.0575. The molecule has 0 aromatic heterocycles. The van der Waals surface area contributed by atoms with E-state index in [2.05, 4.69) is 10.3 Å². The van der Waals surface area contributed by atoms with Gasteiger partial charge in [-0.3, -0.25) is 0 Å². The number of nitrogens with one attached hydrogen (secondary N) is 1. The molecule has 1 aromatic carbocycles. The summed E-state index contributed by atoms with van der Waals surface area (Å²) in [6.07, 6.45) is 0. The largest absolute Gasteiger partial charge is 0.504 e. The molecule has 0 radical (unpaired) electrons. The number of phenolic OH excluding ortho intramolecular Hbond substituents is 2. The summed E-state index contributed by atoms with van der Waals surface area (Å²) in [7, 11) is 1.50. The molecule has 1 rings (SSSR count). The molecular formula is C10H15NO3. The topological polar surface area (TPSA) is 61.7 Å². The second-order valence-corrected chi connectivity index (χ2v) is 3.20. The highest BCUT2D eigenvalue weighted by Crippen LogP contribution is 2.34. The van der Waals surface area contributed by atoms with E-state index < -0.39 is 0 Å². The van der Waals surface area contributed by atoms with Crippen LogP contribution in [0.5, 0.6) is 11.5 Å². The van der Waals surface area contributed by atoms with E-state index in [9.17, 15) is 10.2 Å². The fourth-order valence-corrected chi connectivity index (χ4v) is 1.24. The predicted octanol–water partition coefficient (Wildman–Crippen LogP) is 1.37. The highest BCUT2D eigenvalue weighted by molar-refractivity contribution is 5.52. The van der Waals surface area contributed by atoms with Crippen molar-refractivity contribution in [2.24, 2.45) is 0 Å². The molecule has 0 aliphatic rings. The molecule has 0 aliphatic heterocycles. The van der Waals surface area contributed by atoms with Crippen LogP contribution in [0.3, 0.4) is 0 Å². The Morgan fingerprint density at radius 3 is 2.50 bits per heavy atom. The Kier molecular flexibility index (Phi) is 3.33. The Balaban J connectivity index is 3.06. The van der Waals surface area contributed by atoms with Crippen molar-refractivity contribution >= 4 is 0 Å². The molecule has 1 aromatic rings. The van der Waals surface area contributed by atoms with Gasteiger partial charge in [0, 0.05) is 12.1 Å². The number of benzene rings is 1. The molecule has 0 bridgehead atoms. The Labute approximate surface area is 83.1 Å². The van der Waals surface area contributed by atoms with Crippen LogP contribution in [0.25, 0.3) is 0 Å². The molecule has 0 saturated heterocycles. The number of hydrogen-bond donors (Lipinski definition) is 3. The fraction of sp³-hybridized carbons (Fsp3) is 0.400. The standard InChI is InChI=1S/C10H15NO3/c1-6-4-8(5-11-14-3)10(13)9(12)7(6)2/h4,11-13H,5H2,1-3H3. The number of hydrogen-bond acceptors (Lipinski definition) is 4. The van der Waals surface area contributed by atoms with E-state index in [1.165, 1.54) is 7.11 Å². The lowest BCUT2D eigenvalue weighted by Crippen LogP contribution is -2.11. The third-order valence-electron chi connectivity index (χ3n) is 2.27. The number of phenols is 2. The Morgan fingerprint density at radius 2 is 1.93 bits per heavy atom. The maximum atomic E-state index is 9.58. The number of rotatable bonds is 3. The highest BCUT2D eigenvalue weighted by Gasteiger charge is 2.11. The average Bonchev–Trinajstić information content (AvgIpc) is 2.18. The Bertz CT molecular complexity index is 337. The first kappa shape index (κ1) is 10.8. The summed E-state index contributed by atoms with van der Waals surface area (Å²) in [5.74, 6) is -0.143. The molecule has 0 unspecified atom stereocenters. The summed E-state index contributed by atoms with van der Waals surface area (Å²) in [5.41, 5.74) is 4.86. The van der Waals surface area contributed by atoms with Crippen LogP contribution in [-0.4, -0.2) is 17.3 Å². The van der Waals surface area contributed by atoms with E-state index in [0.717, 1.165) is 5.56 Å². The minimum Gasteiger partial charge on any atom is -0.504 e. The van der Waals surface area contributed by atoms with Gasteiger partial charge in [-0.05, 0) is 25.0 Å². The molecule has 78 valence electrons. The van der Waals surface area contributed by atoms with E-state index in [-0.39, 0.29) is 11.5 Å². The first-order valence-electron chi connectivity index (χ1n) is 4.34. The molecule has 0 aliphatic carbocycles. The monoisotopic (exact) mass is 197 g/mol. The maximum absolute atomic E-state index is 9.58. The molecule has 4 heteroatoms. The zero-order valence-electron chi connectivity index (χ0n) is 8.59.